The highest BCUT2D eigenvalue weighted by Gasteiger charge is 2.23. The number of nitrogens with two attached hydrogens (primary N) is 1. The molecule has 2 atom stereocenters. The van der Waals surface area contributed by atoms with Crippen LogP contribution in [0.1, 0.15) is 32.6 Å². The first-order valence-corrected chi connectivity index (χ1v) is 5.39. The molecular weight excluding hydrogens is 228 g/mol. The van der Waals surface area contributed by atoms with Crippen LogP contribution in [0.3, 0.4) is 0 Å². The maximum absolute atomic E-state index is 11.4. The smallest absolute Gasteiger partial charge is 0.326 e. The number of aliphatic carboxylic acids is 2. The Bertz CT molecular complexity index is 292. The van der Waals surface area contributed by atoms with Gasteiger partial charge in [0.05, 0.1) is 12.5 Å². The number of hydrogen-bond acceptors (Lipinski definition) is 4. The van der Waals surface area contributed by atoms with Gasteiger partial charge in [-0.15, -0.1) is 0 Å². The lowest BCUT2D eigenvalue weighted by molar-refractivity contribution is -0.142. The lowest BCUT2D eigenvalue weighted by Gasteiger charge is -2.16. The number of carbonyl (C=O) groups excluding carboxylic acids is 1. The highest BCUT2D eigenvalue weighted by Crippen LogP contribution is 2.01. The molecule has 0 rings (SSSR count). The number of unbranched alkanes of at least 4 members (excludes halogenated alkanes) is 1. The van der Waals surface area contributed by atoms with Crippen LogP contribution in [-0.4, -0.2) is 40.1 Å². The first kappa shape index (κ1) is 15.4. The fraction of sp³-hybridized carbons (Fsp3) is 0.700. The molecule has 98 valence electrons. The Balaban J connectivity index is 4.29. The first-order valence-electron chi connectivity index (χ1n) is 5.39. The molecule has 0 spiro atoms. The summed E-state index contributed by atoms with van der Waals surface area (Å²) in [5.74, 6) is -3.10. The second-order valence-corrected chi connectivity index (χ2v) is 3.75. The minimum Gasteiger partial charge on any atom is -0.481 e. The van der Waals surface area contributed by atoms with Crippen molar-refractivity contribution in [2.45, 2.75) is 44.7 Å². The van der Waals surface area contributed by atoms with Gasteiger partial charge in [0.2, 0.25) is 5.91 Å². The number of amides is 1. The Hall–Kier alpha value is -1.63. The zero-order chi connectivity index (χ0) is 13.4. The monoisotopic (exact) mass is 246 g/mol. The molecule has 17 heavy (non-hydrogen) atoms. The van der Waals surface area contributed by atoms with E-state index in [1.807, 2.05) is 6.92 Å². The molecule has 0 aliphatic heterocycles. The minimum absolute atomic E-state index is 0.303. The molecule has 7 heteroatoms. The zero-order valence-electron chi connectivity index (χ0n) is 9.68. The standard InChI is InChI=1S/C10H18N2O5/c1-2-3-4-7(10(16)17)12-9(15)6(11)5-8(13)14/h6-7H,2-5,11H2,1H3,(H,12,15)(H,13,14)(H,16,17)/t6?,7-/m0/s1. The summed E-state index contributed by atoms with van der Waals surface area (Å²) in [6.45, 7) is 1.90. The summed E-state index contributed by atoms with van der Waals surface area (Å²) < 4.78 is 0. The fourth-order valence-electron chi connectivity index (χ4n) is 1.23. The van der Waals surface area contributed by atoms with Crippen LogP contribution in [0.25, 0.3) is 0 Å². The summed E-state index contributed by atoms with van der Waals surface area (Å²) in [7, 11) is 0. The van der Waals surface area contributed by atoms with Gasteiger partial charge >= 0.3 is 11.9 Å². The van der Waals surface area contributed by atoms with Gasteiger partial charge in [-0.2, -0.15) is 0 Å². The van der Waals surface area contributed by atoms with Crippen molar-refractivity contribution >= 4 is 17.8 Å². The minimum atomic E-state index is -1.23. The van der Waals surface area contributed by atoms with Crippen LogP contribution in [0, 0.1) is 0 Å². The van der Waals surface area contributed by atoms with E-state index in [0.29, 0.717) is 12.8 Å². The van der Waals surface area contributed by atoms with Crippen LogP contribution in [0.5, 0.6) is 0 Å². The second kappa shape index (κ2) is 7.61. The maximum atomic E-state index is 11.4. The average molecular weight is 246 g/mol. The lowest BCUT2D eigenvalue weighted by atomic mass is 10.1. The van der Waals surface area contributed by atoms with Gasteiger partial charge in [0.1, 0.15) is 6.04 Å². The molecule has 5 N–H and O–H groups in total. The predicted molar refractivity (Wildman–Crippen MR) is 59.3 cm³/mol. The normalized spacial score (nSPS) is 13.8. The summed E-state index contributed by atoms with van der Waals surface area (Å²) in [4.78, 5) is 32.5. The van der Waals surface area contributed by atoms with E-state index in [-0.39, 0.29) is 0 Å². The van der Waals surface area contributed by atoms with E-state index in [9.17, 15) is 14.4 Å². The Morgan fingerprint density at radius 3 is 2.29 bits per heavy atom. The third kappa shape index (κ3) is 6.52. The summed E-state index contributed by atoms with van der Waals surface area (Å²) in [6.07, 6.45) is 1.25. The molecule has 0 aromatic carbocycles. The van der Waals surface area contributed by atoms with Gasteiger partial charge in [-0.3, -0.25) is 9.59 Å². The third-order valence-corrected chi connectivity index (χ3v) is 2.19. The second-order valence-electron chi connectivity index (χ2n) is 3.75. The number of hydrogen-bond donors (Lipinski definition) is 4. The molecule has 0 heterocycles. The van der Waals surface area contributed by atoms with Gasteiger partial charge in [-0.1, -0.05) is 19.8 Å². The summed E-state index contributed by atoms with van der Waals surface area (Å²) in [6, 6.07) is -2.24. The van der Waals surface area contributed by atoms with E-state index in [1.165, 1.54) is 0 Å². The Labute approximate surface area is 99.0 Å². The van der Waals surface area contributed by atoms with Crippen molar-refractivity contribution in [3.63, 3.8) is 0 Å². The van der Waals surface area contributed by atoms with E-state index in [4.69, 9.17) is 15.9 Å². The largest absolute Gasteiger partial charge is 0.481 e. The van der Waals surface area contributed by atoms with Crippen LogP contribution >= 0.6 is 0 Å². The van der Waals surface area contributed by atoms with E-state index >= 15 is 0 Å². The fourth-order valence-corrected chi connectivity index (χ4v) is 1.23. The van der Waals surface area contributed by atoms with Gasteiger partial charge in [-0.25, -0.2) is 4.79 Å². The quantitative estimate of drug-likeness (QED) is 0.459. The van der Waals surface area contributed by atoms with Crippen molar-refractivity contribution in [3.8, 4) is 0 Å². The Kier molecular flexibility index (Phi) is 6.88. The molecule has 0 radical (unpaired) electrons. The van der Waals surface area contributed by atoms with E-state index in [1.54, 1.807) is 0 Å². The summed E-state index contributed by atoms with van der Waals surface area (Å²) in [5, 5.41) is 19.5. The zero-order valence-corrected chi connectivity index (χ0v) is 9.68. The molecule has 0 saturated carbocycles. The molecule has 1 unspecified atom stereocenters. The molecule has 0 aliphatic rings. The molecule has 7 nitrogen and oxygen atoms in total. The number of carboxylic acid groups (broad SMARTS) is 2. The third-order valence-electron chi connectivity index (χ3n) is 2.19. The molecule has 0 bridgehead atoms. The highest BCUT2D eigenvalue weighted by molar-refractivity contribution is 5.89. The van der Waals surface area contributed by atoms with Crippen molar-refractivity contribution in [2.24, 2.45) is 5.73 Å². The van der Waals surface area contributed by atoms with Gasteiger partial charge < -0.3 is 21.3 Å². The molecule has 0 fully saturated rings. The number of carbonyl (C=O) groups is 3. The predicted octanol–water partition coefficient (Wildman–Crippen LogP) is -0.452. The number of rotatable bonds is 8. The van der Waals surface area contributed by atoms with Crippen LogP contribution in [0.4, 0.5) is 0 Å². The summed E-state index contributed by atoms with van der Waals surface area (Å²) in [5.41, 5.74) is 5.31. The Morgan fingerprint density at radius 2 is 1.88 bits per heavy atom. The number of nitrogens with one attached hydrogen (secondary N) is 1. The number of carboxylic acids is 2. The van der Waals surface area contributed by atoms with Crippen molar-refractivity contribution < 1.29 is 24.6 Å². The van der Waals surface area contributed by atoms with Gasteiger partial charge in [0.15, 0.2) is 0 Å². The first-order chi connectivity index (χ1) is 7.88. The van der Waals surface area contributed by atoms with Crippen LogP contribution in [0.2, 0.25) is 0 Å². The topological polar surface area (TPSA) is 130 Å². The van der Waals surface area contributed by atoms with E-state index in [0.717, 1.165) is 6.42 Å². The van der Waals surface area contributed by atoms with Crippen molar-refractivity contribution in [3.05, 3.63) is 0 Å². The maximum Gasteiger partial charge on any atom is 0.326 e. The van der Waals surface area contributed by atoms with Gasteiger partial charge in [0, 0.05) is 0 Å². The molecular formula is C10H18N2O5. The van der Waals surface area contributed by atoms with Crippen LogP contribution in [0.15, 0.2) is 0 Å². The lowest BCUT2D eigenvalue weighted by Crippen LogP contribution is -2.49. The molecule has 0 saturated heterocycles. The molecule has 0 aliphatic carbocycles. The van der Waals surface area contributed by atoms with Crippen LogP contribution in [-0.2, 0) is 14.4 Å². The Morgan fingerprint density at radius 1 is 1.29 bits per heavy atom. The SMILES string of the molecule is CCCC[C@H](NC(=O)C(N)CC(=O)O)C(=O)O. The van der Waals surface area contributed by atoms with Crippen LogP contribution < -0.4 is 11.1 Å². The summed E-state index contributed by atoms with van der Waals surface area (Å²) >= 11 is 0. The van der Waals surface area contributed by atoms with Gasteiger partial charge in [0.25, 0.3) is 0 Å². The van der Waals surface area contributed by atoms with Gasteiger partial charge in [-0.05, 0) is 6.42 Å². The average Bonchev–Trinajstić information content (AvgIpc) is 2.22. The molecule has 0 aromatic heterocycles. The van der Waals surface area contributed by atoms with Crippen molar-refractivity contribution in [1.82, 2.24) is 5.32 Å². The van der Waals surface area contributed by atoms with Crippen molar-refractivity contribution in [1.29, 1.82) is 0 Å². The molecule has 0 aromatic rings. The molecule has 1 amide bonds. The van der Waals surface area contributed by atoms with Crippen molar-refractivity contribution in [2.75, 3.05) is 0 Å². The van der Waals surface area contributed by atoms with E-state index < -0.39 is 36.4 Å². The highest BCUT2D eigenvalue weighted by atomic mass is 16.4. The van der Waals surface area contributed by atoms with E-state index in [2.05, 4.69) is 5.32 Å².